The van der Waals surface area contributed by atoms with Crippen molar-refractivity contribution in [3.8, 4) is 0 Å². The van der Waals surface area contributed by atoms with Gasteiger partial charge in [0.15, 0.2) is 0 Å². The summed E-state index contributed by atoms with van der Waals surface area (Å²) in [6.07, 6.45) is 16.9. The third-order valence-corrected chi connectivity index (χ3v) is 3.01. The molecule has 0 heterocycles. The lowest BCUT2D eigenvalue weighted by molar-refractivity contribution is 0.544. The van der Waals surface area contributed by atoms with Gasteiger partial charge in [0.1, 0.15) is 0 Å². The monoisotopic (exact) mass is 271 g/mol. The van der Waals surface area contributed by atoms with Gasteiger partial charge in [-0.05, 0) is 64.8 Å². The standard InChI is InChI=1S/C19H29N/c1-8-12-16(5)18(14-10-3)20(7)19(15-11-4)17(6)13-9-2/h8-15H,1-7H3/b12-8-,13-9-,14-10-,15-11-,18-16+,19-17+. The SMILES string of the molecule is C\C=C/C(C)=C(\C=C/C)N(C)C(/C=C\C)=C(C)/C=C\C. The summed E-state index contributed by atoms with van der Waals surface area (Å²) in [4.78, 5) is 2.24. The van der Waals surface area contributed by atoms with Crippen molar-refractivity contribution in [1.82, 2.24) is 4.90 Å². The maximum Gasteiger partial charge on any atom is 0.0434 e. The molecule has 0 N–H and O–H groups in total. The van der Waals surface area contributed by atoms with E-state index in [1.807, 2.05) is 13.8 Å². The Hall–Kier alpha value is -1.76. The van der Waals surface area contributed by atoms with E-state index < -0.39 is 0 Å². The normalized spacial score (nSPS) is 15.6. The topological polar surface area (TPSA) is 3.24 Å². The summed E-state index contributed by atoms with van der Waals surface area (Å²) >= 11 is 0. The van der Waals surface area contributed by atoms with Crippen LogP contribution < -0.4 is 0 Å². The molecule has 0 rings (SSSR count). The summed E-state index contributed by atoms with van der Waals surface area (Å²) < 4.78 is 0. The molecule has 0 bridgehead atoms. The molecule has 0 fully saturated rings. The highest BCUT2D eigenvalue weighted by Gasteiger charge is 2.09. The minimum atomic E-state index is 1.21. The van der Waals surface area contributed by atoms with Crippen molar-refractivity contribution in [1.29, 1.82) is 0 Å². The molecule has 110 valence electrons. The van der Waals surface area contributed by atoms with Crippen LogP contribution in [-0.2, 0) is 0 Å². The fourth-order valence-corrected chi connectivity index (χ4v) is 2.13. The van der Waals surface area contributed by atoms with E-state index in [0.717, 1.165) is 0 Å². The molecule has 0 unspecified atom stereocenters. The van der Waals surface area contributed by atoms with Crippen molar-refractivity contribution in [3.63, 3.8) is 0 Å². The van der Waals surface area contributed by atoms with E-state index in [1.54, 1.807) is 0 Å². The minimum absolute atomic E-state index is 1.21. The average Bonchev–Trinajstić information content (AvgIpc) is 2.41. The van der Waals surface area contributed by atoms with Crippen molar-refractivity contribution in [2.75, 3.05) is 7.05 Å². The van der Waals surface area contributed by atoms with Crippen LogP contribution in [0.15, 0.2) is 71.1 Å². The molecule has 0 spiro atoms. The van der Waals surface area contributed by atoms with E-state index in [-0.39, 0.29) is 0 Å². The van der Waals surface area contributed by atoms with E-state index in [9.17, 15) is 0 Å². The highest BCUT2D eigenvalue weighted by molar-refractivity contribution is 5.39. The first-order valence-electron chi connectivity index (χ1n) is 7.19. The molecule has 0 saturated heterocycles. The molecule has 0 aromatic heterocycles. The summed E-state index contributed by atoms with van der Waals surface area (Å²) in [5, 5.41) is 0. The molecule has 0 aromatic carbocycles. The predicted molar refractivity (Wildman–Crippen MR) is 92.4 cm³/mol. The first kappa shape index (κ1) is 18.2. The smallest absolute Gasteiger partial charge is 0.0434 e. The molecule has 20 heavy (non-hydrogen) atoms. The van der Waals surface area contributed by atoms with E-state index in [2.05, 4.69) is 88.3 Å². The Kier molecular flexibility index (Phi) is 9.19. The molecular formula is C19H29N. The van der Waals surface area contributed by atoms with Gasteiger partial charge in [0.2, 0.25) is 0 Å². The first-order valence-corrected chi connectivity index (χ1v) is 7.19. The number of hydrogen-bond acceptors (Lipinski definition) is 1. The molecule has 0 atom stereocenters. The zero-order valence-electron chi connectivity index (χ0n) is 14.1. The lowest BCUT2D eigenvalue weighted by Gasteiger charge is -2.25. The van der Waals surface area contributed by atoms with Crippen LogP contribution in [0.1, 0.15) is 41.5 Å². The third-order valence-electron chi connectivity index (χ3n) is 3.01. The maximum atomic E-state index is 2.24. The molecule has 0 radical (unpaired) electrons. The Morgan fingerprint density at radius 3 is 1.15 bits per heavy atom. The Labute approximate surface area is 125 Å². The lowest BCUT2D eigenvalue weighted by Crippen LogP contribution is -2.17. The van der Waals surface area contributed by atoms with Gasteiger partial charge in [0.05, 0.1) is 0 Å². The summed E-state index contributed by atoms with van der Waals surface area (Å²) in [5.41, 5.74) is 4.93. The molecular weight excluding hydrogens is 242 g/mol. The van der Waals surface area contributed by atoms with Crippen molar-refractivity contribution in [2.45, 2.75) is 41.5 Å². The van der Waals surface area contributed by atoms with Crippen LogP contribution in [0.2, 0.25) is 0 Å². The second-order valence-corrected chi connectivity index (χ2v) is 4.70. The largest absolute Gasteiger partial charge is 0.344 e. The van der Waals surface area contributed by atoms with Gasteiger partial charge in [-0.3, -0.25) is 0 Å². The first-order chi connectivity index (χ1) is 9.53. The van der Waals surface area contributed by atoms with Gasteiger partial charge in [-0.15, -0.1) is 0 Å². The number of nitrogens with zero attached hydrogens (tertiary/aromatic N) is 1. The Morgan fingerprint density at radius 2 is 0.900 bits per heavy atom. The average molecular weight is 271 g/mol. The van der Waals surface area contributed by atoms with E-state index in [4.69, 9.17) is 0 Å². The zero-order chi connectivity index (χ0) is 15.5. The van der Waals surface area contributed by atoms with Gasteiger partial charge in [0.25, 0.3) is 0 Å². The molecule has 0 amide bonds. The number of hydrogen-bond donors (Lipinski definition) is 0. The Bertz CT molecular complexity index is 424. The molecule has 0 aromatic rings. The third kappa shape index (κ3) is 5.48. The lowest BCUT2D eigenvalue weighted by atomic mass is 10.1. The summed E-state index contributed by atoms with van der Waals surface area (Å²) in [7, 11) is 2.12. The van der Waals surface area contributed by atoms with Gasteiger partial charge in [-0.2, -0.15) is 0 Å². The predicted octanol–water partition coefficient (Wildman–Crippen LogP) is 5.77. The zero-order valence-corrected chi connectivity index (χ0v) is 14.1. The Balaban J connectivity index is 5.92. The second-order valence-electron chi connectivity index (χ2n) is 4.70. The maximum absolute atomic E-state index is 2.24. The van der Waals surface area contributed by atoms with Crippen molar-refractivity contribution >= 4 is 0 Å². The Morgan fingerprint density at radius 1 is 0.600 bits per heavy atom. The van der Waals surface area contributed by atoms with Gasteiger partial charge < -0.3 is 4.90 Å². The van der Waals surface area contributed by atoms with Gasteiger partial charge in [0, 0.05) is 18.4 Å². The van der Waals surface area contributed by atoms with Crippen LogP contribution in [0.3, 0.4) is 0 Å². The molecule has 0 aliphatic heterocycles. The molecule has 1 heteroatoms. The fourth-order valence-electron chi connectivity index (χ4n) is 2.13. The van der Waals surface area contributed by atoms with Crippen LogP contribution in [0.5, 0.6) is 0 Å². The van der Waals surface area contributed by atoms with E-state index in [0.29, 0.717) is 0 Å². The molecule has 0 aliphatic carbocycles. The molecule has 1 nitrogen and oxygen atoms in total. The van der Waals surface area contributed by atoms with Gasteiger partial charge in [-0.1, -0.05) is 36.5 Å². The summed E-state index contributed by atoms with van der Waals surface area (Å²) in [6, 6.07) is 0. The molecule has 0 saturated carbocycles. The van der Waals surface area contributed by atoms with Crippen molar-refractivity contribution < 1.29 is 0 Å². The number of likely N-dealkylation sites (N-methyl/N-ethyl adjacent to an activating group) is 1. The number of rotatable bonds is 6. The van der Waals surface area contributed by atoms with Crippen LogP contribution >= 0.6 is 0 Å². The van der Waals surface area contributed by atoms with Crippen LogP contribution in [0, 0.1) is 0 Å². The quantitative estimate of drug-likeness (QED) is 0.554. The van der Waals surface area contributed by atoms with Crippen LogP contribution in [-0.4, -0.2) is 11.9 Å². The van der Waals surface area contributed by atoms with Gasteiger partial charge >= 0.3 is 0 Å². The fraction of sp³-hybridized carbons (Fsp3) is 0.368. The number of allylic oxidation sites excluding steroid dienone is 10. The van der Waals surface area contributed by atoms with E-state index >= 15 is 0 Å². The molecule has 0 aliphatic rings. The highest BCUT2D eigenvalue weighted by Crippen LogP contribution is 2.21. The second kappa shape index (κ2) is 10.1. The van der Waals surface area contributed by atoms with Crippen LogP contribution in [0.4, 0.5) is 0 Å². The van der Waals surface area contributed by atoms with E-state index in [1.165, 1.54) is 22.5 Å². The van der Waals surface area contributed by atoms with Gasteiger partial charge in [-0.25, -0.2) is 0 Å². The van der Waals surface area contributed by atoms with Crippen molar-refractivity contribution in [2.24, 2.45) is 0 Å². The minimum Gasteiger partial charge on any atom is -0.344 e. The highest BCUT2D eigenvalue weighted by atomic mass is 15.1. The van der Waals surface area contributed by atoms with Crippen LogP contribution in [0.25, 0.3) is 0 Å². The summed E-state index contributed by atoms with van der Waals surface area (Å²) in [6.45, 7) is 12.5. The van der Waals surface area contributed by atoms with Crippen molar-refractivity contribution in [3.05, 3.63) is 71.1 Å². The summed E-state index contributed by atoms with van der Waals surface area (Å²) in [5.74, 6) is 0.